The SMILES string of the molecule is Cc1cccn2c(C(C)(C)NC(=O)[C@H]3[C@@H]4CN(C(=O)OC(C)(C)C)C[C@@H]43)nc(C3CC3)c12. The first kappa shape index (κ1) is 21.3. The summed E-state index contributed by atoms with van der Waals surface area (Å²) in [6.07, 6.45) is 4.14. The summed E-state index contributed by atoms with van der Waals surface area (Å²) >= 11 is 0. The maximum atomic E-state index is 13.2. The third kappa shape index (κ3) is 3.65. The molecule has 2 aromatic heterocycles. The molecule has 7 nitrogen and oxygen atoms in total. The number of rotatable bonds is 4. The quantitative estimate of drug-likeness (QED) is 0.783. The zero-order chi connectivity index (χ0) is 23.0. The molecule has 0 spiro atoms. The van der Waals surface area contributed by atoms with Gasteiger partial charge in [0.05, 0.1) is 16.7 Å². The number of aromatic nitrogens is 2. The van der Waals surface area contributed by atoms with Gasteiger partial charge in [-0.1, -0.05) is 6.07 Å². The summed E-state index contributed by atoms with van der Waals surface area (Å²) in [6, 6.07) is 4.17. The summed E-state index contributed by atoms with van der Waals surface area (Å²) in [5.74, 6) is 1.88. The number of carbonyl (C=O) groups excluding carboxylic acids is 2. The molecule has 172 valence electrons. The van der Waals surface area contributed by atoms with Gasteiger partial charge < -0.3 is 19.4 Å². The molecule has 0 unspecified atom stereocenters. The Morgan fingerprint density at radius 2 is 1.78 bits per heavy atom. The molecule has 1 N–H and O–H groups in total. The van der Waals surface area contributed by atoms with Crippen LogP contribution >= 0.6 is 0 Å². The van der Waals surface area contributed by atoms with Crippen LogP contribution in [0.2, 0.25) is 0 Å². The monoisotopic (exact) mass is 438 g/mol. The maximum absolute atomic E-state index is 13.2. The highest BCUT2D eigenvalue weighted by molar-refractivity contribution is 5.84. The Balaban J connectivity index is 1.28. The van der Waals surface area contributed by atoms with E-state index in [1.807, 2.05) is 40.7 Å². The number of hydrogen-bond donors (Lipinski definition) is 1. The van der Waals surface area contributed by atoms with E-state index >= 15 is 0 Å². The molecular formula is C25H34N4O3. The molecule has 32 heavy (non-hydrogen) atoms. The second-order valence-corrected chi connectivity index (χ2v) is 11.4. The van der Waals surface area contributed by atoms with Gasteiger partial charge in [-0.3, -0.25) is 4.79 Å². The van der Waals surface area contributed by atoms with E-state index in [0.29, 0.717) is 19.0 Å². The van der Waals surface area contributed by atoms with Gasteiger partial charge in [-0.2, -0.15) is 0 Å². The largest absolute Gasteiger partial charge is 0.444 e. The summed E-state index contributed by atoms with van der Waals surface area (Å²) in [6.45, 7) is 13.0. The third-order valence-corrected chi connectivity index (χ3v) is 7.00. The van der Waals surface area contributed by atoms with Crippen molar-refractivity contribution in [3.8, 4) is 0 Å². The van der Waals surface area contributed by atoms with Crippen LogP contribution in [-0.2, 0) is 15.1 Å². The van der Waals surface area contributed by atoms with Gasteiger partial charge in [0.2, 0.25) is 5.91 Å². The van der Waals surface area contributed by atoms with Crippen LogP contribution in [0, 0.1) is 24.7 Å². The molecule has 0 aromatic carbocycles. The normalized spacial score (nSPS) is 25.1. The van der Waals surface area contributed by atoms with Gasteiger partial charge in [0.15, 0.2) is 0 Å². The zero-order valence-corrected chi connectivity index (χ0v) is 19.9. The van der Waals surface area contributed by atoms with Crippen molar-refractivity contribution in [1.82, 2.24) is 19.6 Å². The molecule has 3 atom stereocenters. The van der Waals surface area contributed by atoms with Crippen LogP contribution < -0.4 is 5.32 Å². The number of ether oxygens (including phenoxy) is 1. The van der Waals surface area contributed by atoms with E-state index in [2.05, 4.69) is 28.9 Å². The van der Waals surface area contributed by atoms with E-state index in [-0.39, 0.29) is 29.8 Å². The molecule has 3 aliphatic rings. The van der Waals surface area contributed by atoms with Gasteiger partial charge in [-0.25, -0.2) is 9.78 Å². The molecule has 3 fully saturated rings. The second-order valence-electron chi connectivity index (χ2n) is 11.4. The van der Waals surface area contributed by atoms with Gasteiger partial charge in [-0.05, 0) is 77.8 Å². The molecule has 3 heterocycles. The fourth-order valence-electron chi connectivity index (χ4n) is 5.26. The first-order chi connectivity index (χ1) is 15.0. The standard InChI is InChI=1S/C25H34N4O3/c1-14-8-7-11-29-20(14)19(15-9-10-15)26-22(29)25(5,6)27-21(30)18-16-12-28(13-17(16)18)23(31)32-24(2,3)4/h7-8,11,15-18H,9-10,12-13H2,1-6H3,(H,27,30)/t16-,17+,18+. The van der Waals surface area contributed by atoms with E-state index in [9.17, 15) is 9.59 Å². The molecule has 5 rings (SSSR count). The Labute approximate surface area is 189 Å². The van der Waals surface area contributed by atoms with E-state index < -0.39 is 11.1 Å². The van der Waals surface area contributed by atoms with Gasteiger partial charge >= 0.3 is 6.09 Å². The highest BCUT2D eigenvalue weighted by Gasteiger charge is 2.61. The molecular weight excluding hydrogens is 404 g/mol. The van der Waals surface area contributed by atoms with Crippen LogP contribution in [0.25, 0.3) is 5.52 Å². The summed E-state index contributed by atoms with van der Waals surface area (Å²) in [4.78, 5) is 32.3. The topological polar surface area (TPSA) is 75.9 Å². The highest BCUT2D eigenvalue weighted by Crippen LogP contribution is 2.52. The smallest absolute Gasteiger partial charge is 0.410 e. The number of likely N-dealkylation sites (tertiary alicyclic amines) is 1. The van der Waals surface area contributed by atoms with Crippen molar-refractivity contribution in [3.63, 3.8) is 0 Å². The van der Waals surface area contributed by atoms with E-state index in [1.165, 1.54) is 23.9 Å². The predicted molar refractivity (Wildman–Crippen MR) is 121 cm³/mol. The molecule has 0 bridgehead atoms. The lowest BCUT2D eigenvalue weighted by Gasteiger charge is -2.27. The van der Waals surface area contributed by atoms with Crippen LogP contribution in [0.3, 0.4) is 0 Å². The van der Waals surface area contributed by atoms with Crippen molar-refractivity contribution in [2.24, 2.45) is 17.8 Å². The van der Waals surface area contributed by atoms with Crippen molar-refractivity contribution in [2.45, 2.75) is 71.4 Å². The fraction of sp³-hybridized carbons (Fsp3) is 0.640. The molecule has 2 aromatic rings. The zero-order valence-electron chi connectivity index (χ0n) is 19.9. The van der Waals surface area contributed by atoms with E-state index in [0.717, 1.165) is 11.5 Å². The molecule has 7 heteroatoms. The van der Waals surface area contributed by atoms with Crippen molar-refractivity contribution >= 4 is 17.5 Å². The van der Waals surface area contributed by atoms with Crippen LogP contribution in [0.4, 0.5) is 4.79 Å². The van der Waals surface area contributed by atoms with Gasteiger partial charge in [-0.15, -0.1) is 0 Å². The molecule has 2 saturated carbocycles. The van der Waals surface area contributed by atoms with Crippen molar-refractivity contribution < 1.29 is 14.3 Å². The number of nitrogens with zero attached hydrogens (tertiary/aromatic N) is 3. The number of aryl methyl sites for hydroxylation is 1. The van der Waals surface area contributed by atoms with Crippen LogP contribution in [0.5, 0.6) is 0 Å². The first-order valence-corrected chi connectivity index (χ1v) is 11.7. The van der Waals surface area contributed by atoms with E-state index in [1.54, 1.807) is 4.90 Å². The average molecular weight is 439 g/mol. The Morgan fingerprint density at radius 3 is 2.38 bits per heavy atom. The number of pyridine rings is 1. The number of fused-ring (bicyclic) bond motifs is 2. The molecule has 0 radical (unpaired) electrons. The van der Waals surface area contributed by atoms with Crippen LogP contribution in [-0.4, -0.2) is 45.0 Å². The number of amides is 2. The second kappa shape index (κ2) is 6.96. The lowest BCUT2D eigenvalue weighted by Crippen LogP contribution is -2.45. The molecule has 2 aliphatic carbocycles. The number of nitrogens with one attached hydrogen (secondary N) is 1. The summed E-state index contributed by atoms with van der Waals surface area (Å²) < 4.78 is 7.63. The van der Waals surface area contributed by atoms with Crippen molar-refractivity contribution in [2.75, 3.05) is 13.1 Å². The average Bonchev–Trinajstić information content (AvgIpc) is 3.55. The van der Waals surface area contributed by atoms with Crippen molar-refractivity contribution in [1.29, 1.82) is 0 Å². The number of piperidine rings is 1. The van der Waals surface area contributed by atoms with Crippen LogP contribution in [0.15, 0.2) is 18.3 Å². The lowest BCUT2D eigenvalue weighted by atomic mass is 10.0. The third-order valence-electron chi connectivity index (χ3n) is 7.00. The minimum absolute atomic E-state index is 0.0381. The maximum Gasteiger partial charge on any atom is 0.410 e. The van der Waals surface area contributed by atoms with Crippen molar-refractivity contribution in [3.05, 3.63) is 35.4 Å². The Morgan fingerprint density at radius 1 is 1.12 bits per heavy atom. The number of imidazole rings is 1. The number of carbonyl (C=O) groups is 2. The van der Waals surface area contributed by atoms with Gasteiger partial charge in [0.25, 0.3) is 0 Å². The summed E-state index contributed by atoms with van der Waals surface area (Å²) in [5, 5.41) is 3.27. The lowest BCUT2D eigenvalue weighted by molar-refractivity contribution is -0.125. The molecule has 1 aliphatic heterocycles. The Hall–Kier alpha value is -2.57. The molecule has 2 amide bonds. The fourth-order valence-corrected chi connectivity index (χ4v) is 5.26. The Bertz CT molecular complexity index is 1080. The van der Waals surface area contributed by atoms with Gasteiger partial charge in [0, 0.05) is 31.1 Å². The first-order valence-electron chi connectivity index (χ1n) is 11.7. The molecule has 1 saturated heterocycles. The minimum Gasteiger partial charge on any atom is -0.444 e. The Kier molecular flexibility index (Phi) is 4.63. The minimum atomic E-state index is -0.595. The summed E-state index contributed by atoms with van der Waals surface area (Å²) in [7, 11) is 0. The highest BCUT2D eigenvalue weighted by atomic mass is 16.6. The number of hydrogen-bond acceptors (Lipinski definition) is 4. The van der Waals surface area contributed by atoms with E-state index in [4.69, 9.17) is 9.72 Å². The van der Waals surface area contributed by atoms with Gasteiger partial charge in [0.1, 0.15) is 11.4 Å². The summed E-state index contributed by atoms with van der Waals surface area (Å²) in [5.41, 5.74) is 2.47. The predicted octanol–water partition coefficient (Wildman–Crippen LogP) is 3.98. The van der Waals surface area contributed by atoms with Crippen LogP contribution in [0.1, 0.15) is 70.5 Å².